The van der Waals surface area contributed by atoms with Crippen LogP contribution >= 0.6 is 0 Å². The van der Waals surface area contributed by atoms with Gasteiger partial charge in [0.25, 0.3) is 0 Å². The molecule has 0 amide bonds. The molecule has 0 spiro atoms. The van der Waals surface area contributed by atoms with E-state index in [0.717, 1.165) is 0 Å². The molecule has 0 aliphatic heterocycles. The number of fused-ring (bicyclic) bond motifs is 1. The summed E-state index contributed by atoms with van der Waals surface area (Å²) in [5.41, 5.74) is 1.37. The molecule has 26 heavy (non-hydrogen) atoms. The largest absolute Gasteiger partial charge is 0.435 e. The lowest BCUT2D eigenvalue weighted by atomic mass is 9.93. The third-order valence-corrected chi connectivity index (χ3v) is 5.13. The highest BCUT2D eigenvalue weighted by Gasteiger charge is 2.21. The zero-order valence-electron chi connectivity index (χ0n) is 14.4. The molecule has 0 unspecified atom stereocenters. The van der Waals surface area contributed by atoms with Crippen molar-refractivity contribution in [3.63, 3.8) is 0 Å². The normalized spacial score (nSPS) is 12.0. The predicted molar refractivity (Wildman–Crippen MR) is 98.7 cm³/mol. The Kier molecular flexibility index (Phi) is 4.66. The number of nitrogens with one attached hydrogen (secondary N) is 1. The highest BCUT2D eigenvalue weighted by Crippen LogP contribution is 2.26. The summed E-state index contributed by atoms with van der Waals surface area (Å²) in [5, 5.41) is 9.01. The van der Waals surface area contributed by atoms with Crippen LogP contribution in [-0.4, -0.2) is 24.1 Å². The second-order valence-corrected chi connectivity index (χ2v) is 8.42. The molecule has 0 aliphatic rings. The molecule has 0 radical (unpaired) electrons. The van der Waals surface area contributed by atoms with Gasteiger partial charge in [0.05, 0.1) is 22.9 Å². The van der Waals surface area contributed by atoms with Crippen molar-refractivity contribution in [2.75, 3.05) is 10.5 Å². The van der Waals surface area contributed by atoms with Gasteiger partial charge in [-0.25, -0.2) is 13.4 Å². The average Bonchev–Trinajstić information content (AvgIpc) is 3.04. The van der Waals surface area contributed by atoms with E-state index < -0.39 is 15.4 Å². The number of rotatable bonds is 6. The monoisotopic (exact) mass is 370 g/mol. The minimum absolute atomic E-state index is 0.138. The van der Waals surface area contributed by atoms with Crippen LogP contribution in [0.2, 0.25) is 0 Å². The van der Waals surface area contributed by atoms with Gasteiger partial charge < -0.3 is 4.42 Å². The Labute approximate surface area is 151 Å². The molecule has 1 N–H and O–H groups in total. The van der Waals surface area contributed by atoms with Crippen LogP contribution in [0.3, 0.4) is 0 Å². The number of sulfonamides is 1. The van der Waals surface area contributed by atoms with Crippen LogP contribution in [0.15, 0.2) is 47.0 Å². The maximum Gasteiger partial charge on any atom is 0.246 e. The van der Waals surface area contributed by atoms with E-state index in [4.69, 9.17) is 9.68 Å². The standard InChI is InChI=1S/C18H18N4O3S/c1-18(2,12-19)8-10-26(23,24)22-13-6-7-14-16(11-13)25-17(21-14)15-5-3-4-9-20-15/h3-7,9,11,22H,8,10H2,1-2H3. The number of oxazole rings is 1. The van der Waals surface area contributed by atoms with Crippen molar-refractivity contribution >= 4 is 26.8 Å². The van der Waals surface area contributed by atoms with E-state index in [0.29, 0.717) is 28.4 Å². The molecule has 134 valence electrons. The fourth-order valence-corrected chi connectivity index (χ4v) is 3.63. The number of benzene rings is 1. The van der Waals surface area contributed by atoms with Crippen LogP contribution in [-0.2, 0) is 10.0 Å². The quantitative estimate of drug-likeness (QED) is 0.710. The summed E-state index contributed by atoms with van der Waals surface area (Å²) in [7, 11) is -3.57. The van der Waals surface area contributed by atoms with Gasteiger partial charge in [0.1, 0.15) is 11.2 Å². The predicted octanol–water partition coefficient (Wildman–Crippen LogP) is 3.57. The fraction of sp³-hybridized carbons (Fsp3) is 0.278. The first-order valence-corrected chi connectivity index (χ1v) is 9.67. The number of aromatic nitrogens is 2. The van der Waals surface area contributed by atoms with Crippen molar-refractivity contribution in [1.82, 2.24) is 9.97 Å². The number of anilines is 1. The maximum absolute atomic E-state index is 12.2. The van der Waals surface area contributed by atoms with E-state index in [9.17, 15) is 8.42 Å². The van der Waals surface area contributed by atoms with Gasteiger partial charge in [-0.15, -0.1) is 0 Å². The van der Waals surface area contributed by atoms with Crippen molar-refractivity contribution in [3.8, 4) is 17.7 Å². The zero-order chi connectivity index (χ0) is 18.8. The number of hydrogen-bond donors (Lipinski definition) is 1. The molecule has 2 aromatic heterocycles. The van der Waals surface area contributed by atoms with Crippen molar-refractivity contribution in [2.45, 2.75) is 20.3 Å². The molecule has 2 heterocycles. The molecule has 0 fully saturated rings. The van der Waals surface area contributed by atoms with Crippen LogP contribution in [0.5, 0.6) is 0 Å². The van der Waals surface area contributed by atoms with Crippen molar-refractivity contribution in [1.29, 1.82) is 5.26 Å². The third kappa shape index (κ3) is 4.18. The first kappa shape index (κ1) is 17.9. The SMILES string of the molecule is CC(C)(C#N)CCS(=O)(=O)Nc1ccc2nc(-c3ccccn3)oc2c1. The minimum Gasteiger partial charge on any atom is -0.435 e. The van der Waals surface area contributed by atoms with Gasteiger partial charge in [-0.2, -0.15) is 5.26 Å². The summed E-state index contributed by atoms with van der Waals surface area (Å²) in [6.45, 7) is 3.42. The molecule has 8 heteroatoms. The Morgan fingerprint density at radius 1 is 1.27 bits per heavy atom. The summed E-state index contributed by atoms with van der Waals surface area (Å²) in [5.74, 6) is 0.234. The lowest BCUT2D eigenvalue weighted by Gasteiger charge is -2.15. The van der Waals surface area contributed by atoms with Crippen LogP contribution in [0, 0.1) is 16.7 Å². The van der Waals surface area contributed by atoms with E-state index in [-0.39, 0.29) is 12.2 Å². The van der Waals surface area contributed by atoms with Crippen molar-refractivity contribution < 1.29 is 12.8 Å². The minimum atomic E-state index is -3.57. The van der Waals surface area contributed by atoms with Gasteiger partial charge in [0, 0.05) is 12.3 Å². The molecule has 0 atom stereocenters. The first-order valence-electron chi connectivity index (χ1n) is 8.02. The lowest BCUT2D eigenvalue weighted by molar-refractivity contribution is 0.474. The zero-order valence-corrected chi connectivity index (χ0v) is 15.2. The molecule has 1 aromatic carbocycles. The van der Waals surface area contributed by atoms with Crippen LogP contribution in [0.1, 0.15) is 20.3 Å². The van der Waals surface area contributed by atoms with Gasteiger partial charge in [-0.05, 0) is 44.5 Å². The van der Waals surface area contributed by atoms with Gasteiger partial charge in [0.15, 0.2) is 5.58 Å². The molecule has 0 aliphatic carbocycles. The Bertz CT molecular complexity index is 1070. The molecule has 3 aromatic rings. The second-order valence-electron chi connectivity index (χ2n) is 6.58. The highest BCUT2D eigenvalue weighted by atomic mass is 32.2. The second kappa shape index (κ2) is 6.77. The summed E-state index contributed by atoms with van der Waals surface area (Å²) in [4.78, 5) is 8.55. The Hall–Kier alpha value is -2.92. The Morgan fingerprint density at radius 3 is 2.77 bits per heavy atom. The molecule has 3 rings (SSSR count). The fourth-order valence-electron chi connectivity index (χ4n) is 2.26. The molecule has 0 saturated heterocycles. The van der Waals surface area contributed by atoms with E-state index in [1.807, 2.05) is 6.07 Å². The summed E-state index contributed by atoms with van der Waals surface area (Å²) in [6, 6.07) is 12.4. The van der Waals surface area contributed by atoms with Gasteiger partial charge in [0.2, 0.25) is 15.9 Å². The third-order valence-electron chi connectivity index (χ3n) is 3.84. The van der Waals surface area contributed by atoms with Gasteiger partial charge in [-0.3, -0.25) is 9.71 Å². The van der Waals surface area contributed by atoms with E-state index in [2.05, 4.69) is 20.8 Å². The van der Waals surface area contributed by atoms with Gasteiger partial charge in [-0.1, -0.05) is 6.07 Å². The van der Waals surface area contributed by atoms with E-state index in [1.54, 1.807) is 50.4 Å². The van der Waals surface area contributed by atoms with Crippen LogP contribution in [0.25, 0.3) is 22.7 Å². The lowest BCUT2D eigenvalue weighted by Crippen LogP contribution is -2.21. The molecule has 7 nitrogen and oxygen atoms in total. The smallest absolute Gasteiger partial charge is 0.246 e. The Balaban J connectivity index is 1.80. The molecule has 0 bridgehead atoms. The number of hydrogen-bond acceptors (Lipinski definition) is 6. The first-order chi connectivity index (χ1) is 12.3. The highest BCUT2D eigenvalue weighted by molar-refractivity contribution is 7.92. The molecular formula is C18H18N4O3S. The number of pyridine rings is 1. The summed E-state index contributed by atoms with van der Waals surface area (Å²) < 4.78 is 32.7. The van der Waals surface area contributed by atoms with Crippen LogP contribution < -0.4 is 4.72 Å². The van der Waals surface area contributed by atoms with E-state index in [1.165, 1.54) is 0 Å². The number of nitrogens with zero attached hydrogens (tertiary/aromatic N) is 3. The van der Waals surface area contributed by atoms with Crippen LogP contribution in [0.4, 0.5) is 5.69 Å². The van der Waals surface area contributed by atoms with E-state index >= 15 is 0 Å². The van der Waals surface area contributed by atoms with Crippen molar-refractivity contribution in [3.05, 3.63) is 42.6 Å². The summed E-state index contributed by atoms with van der Waals surface area (Å²) >= 11 is 0. The molecule has 0 saturated carbocycles. The Morgan fingerprint density at radius 2 is 2.08 bits per heavy atom. The molecular weight excluding hydrogens is 352 g/mol. The topological polar surface area (TPSA) is 109 Å². The number of nitriles is 1. The van der Waals surface area contributed by atoms with Gasteiger partial charge >= 0.3 is 0 Å². The maximum atomic E-state index is 12.2. The summed E-state index contributed by atoms with van der Waals surface area (Å²) in [6.07, 6.45) is 1.89. The van der Waals surface area contributed by atoms with Crippen molar-refractivity contribution in [2.24, 2.45) is 5.41 Å². The average molecular weight is 370 g/mol.